The quantitative estimate of drug-likeness (QED) is 0.647. The topological polar surface area (TPSA) is 57.5 Å². The molecule has 3 nitrogen and oxygen atoms in total. The van der Waals surface area contributed by atoms with Crippen molar-refractivity contribution in [3.63, 3.8) is 0 Å². The fraction of sp³-hybridized carbons (Fsp3) is 0.222. The number of phenols is 1. The van der Waals surface area contributed by atoms with E-state index in [4.69, 9.17) is 10.2 Å². The van der Waals surface area contributed by atoms with E-state index in [1.54, 1.807) is 19.1 Å². The number of hydrogen-bond donors (Lipinski definition) is 2. The molecule has 4 heteroatoms. The third-order valence-electron chi connectivity index (χ3n) is 1.81. The number of carboxylic acid groups (broad SMARTS) is 1. The van der Waals surface area contributed by atoms with E-state index in [0.717, 1.165) is 0 Å². The lowest BCUT2D eigenvalue weighted by atomic mass is 10.0. The maximum absolute atomic E-state index is 10.8. The molecule has 0 spiro atoms. The predicted molar refractivity (Wildman–Crippen MR) is 57.1 cm³/mol. The Morgan fingerprint density at radius 2 is 1.85 bits per heavy atom. The van der Waals surface area contributed by atoms with Crippen LogP contribution in [0, 0.1) is 0 Å². The van der Waals surface area contributed by atoms with E-state index in [-0.39, 0.29) is 5.75 Å². The minimum atomic E-state index is -0.939. The highest BCUT2D eigenvalue weighted by Crippen LogP contribution is 2.32. The molecule has 0 amide bonds. The number of phenolic OH excluding ortho intramolecular Hbond substituents is 1. The summed E-state index contributed by atoms with van der Waals surface area (Å²) >= 11 is 1.86. The van der Waals surface area contributed by atoms with Crippen LogP contribution in [0.1, 0.15) is 12.5 Å². The zero-order valence-corrected chi connectivity index (χ0v) is 9.15. The standard InChI is InChI=1S/C9H9IO3/c1-9(10,8(12)13)6-2-4-7(11)5-3-6/h2-5,11H,1H3,(H,12,13)/i10-3. The number of halogens is 1. The molecule has 0 saturated carbocycles. The molecule has 13 heavy (non-hydrogen) atoms. The van der Waals surface area contributed by atoms with Crippen LogP contribution >= 0.6 is 22.6 Å². The molecule has 0 bridgehead atoms. The third-order valence-corrected chi connectivity index (χ3v) is 2.90. The Kier molecular flexibility index (Phi) is 2.80. The van der Waals surface area contributed by atoms with Crippen molar-refractivity contribution in [2.24, 2.45) is 0 Å². The zero-order valence-electron chi connectivity index (χ0n) is 6.99. The second-order valence-electron chi connectivity index (χ2n) is 2.85. The van der Waals surface area contributed by atoms with Crippen molar-refractivity contribution in [2.75, 3.05) is 0 Å². The highest BCUT2D eigenvalue weighted by Gasteiger charge is 2.31. The Hall–Kier alpha value is -0.780. The summed E-state index contributed by atoms with van der Waals surface area (Å²) in [6, 6.07) is 6.18. The lowest BCUT2D eigenvalue weighted by Crippen LogP contribution is -2.24. The fourth-order valence-corrected chi connectivity index (χ4v) is 1.26. The van der Waals surface area contributed by atoms with Crippen LogP contribution in [-0.2, 0) is 8.22 Å². The fourth-order valence-electron chi connectivity index (χ4n) is 0.898. The van der Waals surface area contributed by atoms with Gasteiger partial charge in [0.1, 0.15) is 9.17 Å². The first-order valence-corrected chi connectivity index (χ1v) is 4.74. The summed E-state index contributed by atoms with van der Waals surface area (Å²) in [5, 5.41) is 17.9. The molecule has 1 rings (SSSR count). The molecule has 1 unspecified atom stereocenters. The van der Waals surface area contributed by atoms with Crippen molar-refractivity contribution in [3.05, 3.63) is 29.8 Å². The monoisotopic (exact) mass is 289 g/mol. The van der Waals surface area contributed by atoms with Crippen molar-refractivity contribution >= 4 is 28.6 Å². The van der Waals surface area contributed by atoms with Crippen molar-refractivity contribution in [1.82, 2.24) is 0 Å². The van der Waals surface area contributed by atoms with Crippen LogP contribution in [-0.4, -0.2) is 16.2 Å². The molecule has 0 saturated heterocycles. The van der Waals surface area contributed by atoms with E-state index in [1.165, 1.54) is 12.1 Å². The van der Waals surface area contributed by atoms with E-state index in [9.17, 15) is 4.79 Å². The number of carboxylic acids is 1. The van der Waals surface area contributed by atoms with Crippen LogP contribution in [0.15, 0.2) is 24.3 Å². The maximum atomic E-state index is 10.8. The normalized spacial score (nSPS) is 14.9. The van der Waals surface area contributed by atoms with Gasteiger partial charge in [0, 0.05) is 0 Å². The average molecular weight is 289 g/mol. The molecule has 0 fully saturated rings. The van der Waals surface area contributed by atoms with Gasteiger partial charge in [0.25, 0.3) is 0 Å². The van der Waals surface area contributed by atoms with Gasteiger partial charge in [0.15, 0.2) is 0 Å². The van der Waals surface area contributed by atoms with Crippen molar-refractivity contribution < 1.29 is 15.0 Å². The summed E-state index contributed by atoms with van der Waals surface area (Å²) in [5.41, 5.74) is 0.665. The van der Waals surface area contributed by atoms with Crippen LogP contribution < -0.4 is 0 Å². The van der Waals surface area contributed by atoms with Crippen LogP contribution in [0.4, 0.5) is 0 Å². The first-order valence-electron chi connectivity index (χ1n) is 3.66. The molecule has 0 aliphatic rings. The Morgan fingerprint density at radius 1 is 1.38 bits per heavy atom. The van der Waals surface area contributed by atoms with E-state index in [0.29, 0.717) is 5.56 Å². The summed E-state index contributed by atoms with van der Waals surface area (Å²) < 4.78 is -0.939. The van der Waals surface area contributed by atoms with Gasteiger partial charge in [-0.1, -0.05) is 34.7 Å². The SMILES string of the molecule is CC([124I])(C(=O)O)c1ccc(O)cc1. The lowest BCUT2D eigenvalue weighted by Gasteiger charge is -2.17. The molecular weight excluding hydrogens is 280 g/mol. The summed E-state index contributed by atoms with van der Waals surface area (Å²) in [4.78, 5) is 10.8. The molecule has 0 aliphatic carbocycles. The van der Waals surface area contributed by atoms with Gasteiger partial charge < -0.3 is 10.2 Å². The number of rotatable bonds is 2. The zero-order chi connectivity index (χ0) is 10.1. The minimum Gasteiger partial charge on any atom is -0.508 e. The van der Waals surface area contributed by atoms with Gasteiger partial charge in [0.05, 0.1) is 0 Å². The van der Waals surface area contributed by atoms with Crippen LogP contribution in [0.25, 0.3) is 0 Å². The average Bonchev–Trinajstić information content (AvgIpc) is 2.04. The Balaban J connectivity index is 3.08. The Bertz CT molecular complexity index is 316. The van der Waals surface area contributed by atoms with Gasteiger partial charge in [-0.2, -0.15) is 0 Å². The number of benzene rings is 1. The molecular formula is C9H9IO3. The summed E-state index contributed by atoms with van der Waals surface area (Å²) in [6.07, 6.45) is 0. The van der Waals surface area contributed by atoms with Crippen LogP contribution in [0.3, 0.4) is 0 Å². The number of carbonyl (C=O) groups is 1. The van der Waals surface area contributed by atoms with Gasteiger partial charge in [-0.05, 0) is 24.6 Å². The summed E-state index contributed by atoms with van der Waals surface area (Å²) in [7, 11) is 0. The van der Waals surface area contributed by atoms with Crippen LogP contribution in [0.5, 0.6) is 5.75 Å². The van der Waals surface area contributed by atoms with E-state index in [1.807, 2.05) is 22.6 Å². The van der Waals surface area contributed by atoms with Gasteiger partial charge in [0.2, 0.25) is 0 Å². The number of alkyl halides is 1. The van der Waals surface area contributed by atoms with E-state index in [2.05, 4.69) is 0 Å². The van der Waals surface area contributed by atoms with Crippen molar-refractivity contribution in [2.45, 2.75) is 10.3 Å². The molecule has 70 valence electrons. The highest BCUT2D eigenvalue weighted by atomic mass is 124. The molecule has 0 radical (unpaired) electrons. The molecule has 1 aromatic rings. The molecule has 1 aromatic carbocycles. The Labute approximate surface area is 89.5 Å². The molecule has 2 N–H and O–H groups in total. The van der Waals surface area contributed by atoms with Crippen molar-refractivity contribution in [1.29, 1.82) is 0 Å². The number of aliphatic carboxylic acids is 1. The van der Waals surface area contributed by atoms with Crippen molar-refractivity contribution in [3.8, 4) is 5.75 Å². The van der Waals surface area contributed by atoms with Crippen LogP contribution in [0.2, 0.25) is 0 Å². The predicted octanol–water partition coefficient (Wildman–Crippen LogP) is 2.13. The lowest BCUT2D eigenvalue weighted by molar-refractivity contribution is -0.139. The van der Waals surface area contributed by atoms with Gasteiger partial charge in [-0.25, -0.2) is 0 Å². The second-order valence-corrected chi connectivity index (χ2v) is 5.01. The smallest absolute Gasteiger partial charge is 0.323 e. The van der Waals surface area contributed by atoms with Gasteiger partial charge >= 0.3 is 5.97 Å². The number of hydrogen-bond acceptors (Lipinski definition) is 2. The molecule has 1 atom stereocenters. The van der Waals surface area contributed by atoms with E-state index >= 15 is 0 Å². The minimum absolute atomic E-state index is 0.140. The summed E-state index contributed by atoms with van der Waals surface area (Å²) in [5.74, 6) is -0.750. The second kappa shape index (κ2) is 3.53. The van der Waals surface area contributed by atoms with E-state index < -0.39 is 9.39 Å². The first kappa shape index (κ1) is 10.3. The van der Waals surface area contributed by atoms with Gasteiger partial charge in [-0.15, -0.1) is 0 Å². The third kappa shape index (κ3) is 2.12. The Morgan fingerprint density at radius 3 is 2.23 bits per heavy atom. The molecule has 0 heterocycles. The summed E-state index contributed by atoms with van der Waals surface area (Å²) in [6.45, 7) is 1.61. The maximum Gasteiger partial charge on any atom is 0.323 e. The number of aromatic hydroxyl groups is 1. The molecule has 0 aromatic heterocycles. The first-order chi connectivity index (χ1) is 5.94. The largest absolute Gasteiger partial charge is 0.508 e. The highest BCUT2D eigenvalue weighted by molar-refractivity contribution is 14.1. The van der Waals surface area contributed by atoms with Gasteiger partial charge in [-0.3, -0.25) is 4.79 Å². The molecule has 0 aliphatic heterocycles.